The molecule has 2 aliphatic heterocycles. The van der Waals surface area contributed by atoms with E-state index in [0.717, 1.165) is 19.6 Å². The van der Waals surface area contributed by atoms with E-state index in [4.69, 9.17) is 0 Å². The quantitative estimate of drug-likeness (QED) is 0.688. The van der Waals surface area contributed by atoms with Crippen LogP contribution in [0.3, 0.4) is 0 Å². The largest absolute Gasteiger partial charge is 0.320 e. The monoisotopic (exact) mass is 209 g/mol. The number of hydrogen-bond acceptors (Lipinski definition) is 2. The Kier molecular flexibility index (Phi) is 1.96. The summed E-state index contributed by atoms with van der Waals surface area (Å²) in [5.41, 5.74) is 0.231. The third-order valence-corrected chi connectivity index (χ3v) is 4.25. The molecule has 1 saturated carbocycles. The fourth-order valence-electron chi connectivity index (χ4n) is 2.91. The first-order chi connectivity index (χ1) is 7.23. The van der Waals surface area contributed by atoms with Gasteiger partial charge in [0.2, 0.25) is 0 Å². The van der Waals surface area contributed by atoms with E-state index < -0.39 is 0 Å². The molecule has 2 saturated heterocycles. The van der Waals surface area contributed by atoms with Crippen molar-refractivity contribution in [1.29, 1.82) is 0 Å². The lowest BCUT2D eigenvalue weighted by atomic mass is 10.1. The average molecular weight is 209 g/mol. The van der Waals surface area contributed by atoms with Crippen LogP contribution in [0.1, 0.15) is 25.7 Å². The lowest BCUT2D eigenvalue weighted by Gasteiger charge is -2.31. The van der Waals surface area contributed by atoms with E-state index in [0.29, 0.717) is 6.04 Å². The summed E-state index contributed by atoms with van der Waals surface area (Å²) in [6.45, 7) is 3.06. The van der Waals surface area contributed by atoms with Crippen LogP contribution < -0.4 is 5.32 Å². The van der Waals surface area contributed by atoms with Crippen molar-refractivity contribution in [2.24, 2.45) is 0 Å². The van der Waals surface area contributed by atoms with Crippen molar-refractivity contribution in [3.8, 4) is 0 Å². The van der Waals surface area contributed by atoms with Gasteiger partial charge in [-0.15, -0.1) is 0 Å². The molecule has 3 fully saturated rings. The molecule has 1 N–H and O–H groups in total. The standard InChI is InChI=1S/C11H19N3O/c1-13-10(15)14(8-11(13)4-5-11)9-3-2-6-12-7-9/h9,12H,2-8H2,1H3. The number of rotatable bonds is 1. The minimum absolute atomic E-state index is 0.231. The first-order valence-corrected chi connectivity index (χ1v) is 5.98. The van der Waals surface area contributed by atoms with Gasteiger partial charge in [0, 0.05) is 26.2 Å². The Morgan fingerprint density at radius 3 is 2.80 bits per heavy atom. The van der Waals surface area contributed by atoms with Crippen LogP contribution in [-0.2, 0) is 0 Å². The van der Waals surface area contributed by atoms with Crippen molar-refractivity contribution >= 4 is 6.03 Å². The van der Waals surface area contributed by atoms with Gasteiger partial charge in [0.1, 0.15) is 0 Å². The van der Waals surface area contributed by atoms with E-state index in [1.54, 1.807) is 0 Å². The Balaban J connectivity index is 1.74. The molecule has 84 valence electrons. The molecule has 0 aromatic rings. The summed E-state index contributed by atoms with van der Waals surface area (Å²) < 4.78 is 0. The van der Waals surface area contributed by atoms with Gasteiger partial charge in [0.25, 0.3) is 0 Å². The zero-order chi connectivity index (χ0) is 10.5. The van der Waals surface area contributed by atoms with Gasteiger partial charge in [-0.1, -0.05) is 0 Å². The summed E-state index contributed by atoms with van der Waals surface area (Å²) in [4.78, 5) is 16.2. The second kappa shape index (κ2) is 3.11. The highest BCUT2D eigenvalue weighted by atomic mass is 16.2. The smallest absolute Gasteiger partial charge is 0.320 e. The van der Waals surface area contributed by atoms with E-state index in [1.165, 1.54) is 25.7 Å². The Hall–Kier alpha value is -0.770. The van der Waals surface area contributed by atoms with Gasteiger partial charge in [-0.3, -0.25) is 0 Å². The molecule has 3 rings (SSSR count). The minimum atomic E-state index is 0.231. The van der Waals surface area contributed by atoms with Crippen LogP contribution in [0.4, 0.5) is 4.79 Å². The van der Waals surface area contributed by atoms with Gasteiger partial charge >= 0.3 is 6.03 Å². The molecule has 4 heteroatoms. The lowest BCUT2D eigenvalue weighted by Crippen LogP contribution is -2.47. The summed E-state index contributed by atoms with van der Waals surface area (Å²) in [7, 11) is 1.96. The van der Waals surface area contributed by atoms with Crippen molar-refractivity contribution in [2.75, 3.05) is 26.7 Å². The van der Waals surface area contributed by atoms with Crippen molar-refractivity contribution in [3.05, 3.63) is 0 Å². The number of carbonyl (C=O) groups excluding carboxylic acids is 1. The van der Waals surface area contributed by atoms with E-state index in [-0.39, 0.29) is 11.6 Å². The summed E-state index contributed by atoms with van der Waals surface area (Å²) in [5, 5.41) is 3.38. The molecule has 1 unspecified atom stereocenters. The summed E-state index contributed by atoms with van der Waals surface area (Å²) in [6.07, 6.45) is 4.77. The minimum Gasteiger partial charge on any atom is -0.320 e. The van der Waals surface area contributed by atoms with Crippen molar-refractivity contribution in [2.45, 2.75) is 37.3 Å². The molecule has 0 radical (unpaired) electrons. The average Bonchev–Trinajstić information content (AvgIpc) is 3.01. The van der Waals surface area contributed by atoms with Gasteiger partial charge < -0.3 is 15.1 Å². The third-order valence-electron chi connectivity index (χ3n) is 4.25. The molecule has 4 nitrogen and oxygen atoms in total. The fraction of sp³-hybridized carbons (Fsp3) is 0.909. The number of urea groups is 1. The molecule has 0 bridgehead atoms. The van der Waals surface area contributed by atoms with Gasteiger partial charge in [-0.05, 0) is 32.2 Å². The zero-order valence-electron chi connectivity index (χ0n) is 9.33. The molecule has 15 heavy (non-hydrogen) atoms. The topological polar surface area (TPSA) is 35.6 Å². The molecule has 2 amide bonds. The van der Waals surface area contributed by atoms with Gasteiger partial charge in [0.05, 0.1) is 5.54 Å². The second-order valence-electron chi connectivity index (χ2n) is 5.19. The van der Waals surface area contributed by atoms with Crippen LogP contribution in [0.25, 0.3) is 0 Å². The number of nitrogens with zero attached hydrogens (tertiary/aromatic N) is 2. The number of piperidine rings is 1. The SMILES string of the molecule is CN1C(=O)N(C2CCCNC2)CC12CC2. The van der Waals surface area contributed by atoms with Gasteiger partial charge in [-0.2, -0.15) is 0 Å². The highest BCUT2D eigenvalue weighted by molar-refractivity contribution is 5.79. The number of carbonyl (C=O) groups is 1. The van der Waals surface area contributed by atoms with Gasteiger partial charge in [0.15, 0.2) is 0 Å². The van der Waals surface area contributed by atoms with Crippen molar-refractivity contribution < 1.29 is 4.79 Å². The van der Waals surface area contributed by atoms with Crippen LogP contribution in [0.5, 0.6) is 0 Å². The summed E-state index contributed by atoms with van der Waals surface area (Å²) >= 11 is 0. The molecule has 2 heterocycles. The Labute approximate surface area is 90.6 Å². The Morgan fingerprint density at radius 1 is 1.47 bits per heavy atom. The maximum atomic E-state index is 12.1. The maximum absolute atomic E-state index is 12.1. The summed E-state index contributed by atoms with van der Waals surface area (Å²) in [6, 6.07) is 0.690. The van der Waals surface area contributed by atoms with Crippen LogP contribution in [0.15, 0.2) is 0 Å². The van der Waals surface area contributed by atoms with Gasteiger partial charge in [-0.25, -0.2) is 4.79 Å². The lowest BCUT2D eigenvalue weighted by molar-refractivity contribution is 0.171. The molecule has 0 aromatic heterocycles. The molecule has 1 atom stereocenters. The molecular formula is C11H19N3O. The number of likely N-dealkylation sites (N-methyl/N-ethyl adjacent to an activating group) is 1. The first kappa shape index (κ1) is 9.46. The Bertz CT molecular complexity index is 282. The second-order valence-corrected chi connectivity index (χ2v) is 5.19. The van der Waals surface area contributed by atoms with E-state index >= 15 is 0 Å². The number of nitrogens with one attached hydrogen (secondary N) is 1. The normalized spacial score (nSPS) is 33.9. The van der Waals surface area contributed by atoms with Crippen molar-refractivity contribution in [1.82, 2.24) is 15.1 Å². The molecular weight excluding hydrogens is 190 g/mol. The highest BCUT2D eigenvalue weighted by Crippen LogP contribution is 2.46. The zero-order valence-corrected chi connectivity index (χ0v) is 9.33. The van der Waals surface area contributed by atoms with E-state index in [1.807, 2.05) is 11.9 Å². The van der Waals surface area contributed by atoms with Crippen molar-refractivity contribution in [3.63, 3.8) is 0 Å². The number of hydrogen-bond donors (Lipinski definition) is 1. The number of amides is 2. The third kappa shape index (κ3) is 1.34. The van der Waals surface area contributed by atoms with Crippen LogP contribution in [0, 0.1) is 0 Å². The van der Waals surface area contributed by atoms with Crippen LogP contribution >= 0.6 is 0 Å². The van der Waals surface area contributed by atoms with E-state index in [2.05, 4.69) is 10.2 Å². The molecule has 0 aromatic carbocycles. The highest BCUT2D eigenvalue weighted by Gasteiger charge is 2.56. The predicted octanol–water partition coefficient (Wildman–Crippen LogP) is 0.638. The molecule has 1 aliphatic carbocycles. The van der Waals surface area contributed by atoms with E-state index in [9.17, 15) is 4.79 Å². The molecule has 1 spiro atoms. The predicted molar refractivity (Wildman–Crippen MR) is 57.7 cm³/mol. The van der Waals surface area contributed by atoms with Crippen LogP contribution in [0.2, 0.25) is 0 Å². The van der Waals surface area contributed by atoms with Crippen LogP contribution in [-0.4, -0.2) is 54.1 Å². The Morgan fingerprint density at radius 2 is 2.27 bits per heavy atom. The summed E-state index contributed by atoms with van der Waals surface area (Å²) in [5.74, 6) is 0. The fourth-order valence-corrected chi connectivity index (χ4v) is 2.91. The first-order valence-electron chi connectivity index (χ1n) is 5.98. The maximum Gasteiger partial charge on any atom is 0.320 e. The molecule has 3 aliphatic rings.